The van der Waals surface area contributed by atoms with Crippen molar-refractivity contribution in [1.29, 1.82) is 0 Å². The molecule has 15 heavy (non-hydrogen) atoms. The normalized spacial score (nSPS) is 10.3. The van der Waals surface area contributed by atoms with Crippen molar-refractivity contribution < 1.29 is 8.78 Å². The molecule has 0 radical (unpaired) electrons. The molecular formula is C9H5F2N3O. The smallest absolute Gasteiger partial charge is 0.266 e. The van der Waals surface area contributed by atoms with E-state index >= 15 is 0 Å². The van der Waals surface area contributed by atoms with Crippen LogP contribution >= 0.6 is 0 Å². The number of H-pyrrole nitrogens is 1. The Morgan fingerprint density at radius 3 is 2.40 bits per heavy atom. The van der Waals surface area contributed by atoms with Crippen LogP contribution in [0.25, 0.3) is 11.4 Å². The van der Waals surface area contributed by atoms with Gasteiger partial charge in [-0.3, -0.25) is 4.79 Å². The van der Waals surface area contributed by atoms with Gasteiger partial charge in [0.1, 0.15) is 11.6 Å². The minimum absolute atomic E-state index is 0.190. The molecule has 0 amide bonds. The third-order valence-electron chi connectivity index (χ3n) is 1.76. The highest BCUT2D eigenvalue weighted by Gasteiger charge is 2.13. The molecule has 2 aromatic rings. The van der Waals surface area contributed by atoms with E-state index in [4.69, 9.17) is 0 Å². The zero-order valence-electron chi connectivity index (χ0n) is 7.37. The van der Waals surface area contributed by atoms with E-state index in [1.165, 1.54) is 6.07 Å². The summed E-state index contributed by atoms with van der Waals surface area (Å²) in [5, 5.41) is 5.49. The molecule has 1 N–H and O–H groups in total. The Morgan fingerprint density at radius 1 is 1.20 bits per heavy atom. The fourth-order valence-corrected chi connectivity index (χ4v) is 1.12. The van der Waals surface area contributed by atoms with Crippen molar-refractivity contribution in [2.24, 2.45) is 0 Å². The summed E-state index contributed by atoms with van der Waals surface area (Å²) in [4.78, 5) is 14.2. The Hall–Kier alpha value is -2.11. The first-order chi connectivity index (χ1) is 7.18. The van der Waals surface area contributed by atoms with Crippen molar-refractivity contribution >= 4 is 0 Å². The van der Waals surface area contributed by atoms with E-state index in [-0.39, 0.29) is 11.4 Å². The van der Waals surface area contributed by atoms with E-state index in [0.29, 0.717) is 0 Å². The fraction of sp³-hybridized carbons (Fsp3) is 0. The molecule has 0 fully saturated rings. The molecule has 0 unspecified atom stereocenters. The van der Waals surface area contributed by atoms with Crippen molar-refractivity contribution in [3.05, 3.63) is 46.4 Å². The molecule has 0 aliphatic rings. The van der Waals surface area contributed by atoms with Gasteiger partial charge < -0.3 is 0 Å². The summed E-state index contributed by atoms with van der Waals surface area (Å²) < 4.78 is 26.4. The number of halogens is 2. The molecule has 0 aliphatic heterocycles. The number of aromatic nitrogens is 3. The number of benzene rings is 1. The van der Waals surface area contributed by atoms with Gasteiger partial charge in [0.05, 0.1) is 11.8 Å². The van der Waals surface area contributed by atoms with Crippen LogP contribution in [0, 0.1) is 11.6 Å². The van der Waals surface area contributed by atoms with Crippen LogP contribution in [0.1, 0.15) is 0 Å². The monoisotopic (exact) mass is 209 g/mol. The molecule has 0 spiro atoms. The van der Waals surface area contributed by atoms with E-state index in [9.17, 15) is 13.6 Å². The summed E-state index contributed by atoms with van der Waals surface area (Å²) in [5.41, 5.74) is -0.885. The maximum atomic E-state index is 13.2. The average molecular weight is 209 g/mol. The zero-order valence-corrected chi connectivity index (χ0v) is 7.37. The second-order valence-electron chi connectivity index (χ2n) is 2.77. The van der Waals surface area contributed by atoms with Gasteiger partial charge in [-0.05, 0) is 12.1 Å². The number of hydrogen-bond acceptors (Lipinski definition) is 3. The largest absolute Gasteiger partial charge is 0.282 e. The Balaban J connectivity index is 2.63. The van der Waals surface area contributed by atoms with E-state index in [1.807, 2.05) is 0 Å². The minimum Gasteiger partial charge on any atom is -0.266 e. The van der Waals surface area contributed by atoms with E-state index in [1.54, 1.807) is 0 Å². The van der Waals surface area contributed by atoms with Gasteiger partial charge in [-0.25, -0.2) is 18.9 Å². The van der Waals surface area contributed by atoms with Crippen LogP contribution in [0.15, 0.2) is 29.2 Å². The molecular weight excluding hydrogens is 204 g/mol. The van der Waals surface area contributed by atoms with Crippen LogP contribution in [0.5, 0.6) is 0 Å². The molecule has 0 bridgehead atoms. The van der Waals surface area contributed by atoms with Gasteiger partial charge >= 0.3 is 0 Å². The number of nitrogens with zero attached hydrogens (tertiary/aromatic N) is 2. The van der Waals surface area contributed by atoms with Crippen LogP contribution in [-0.4, -0.2) is 15.2 Å². The van der Waals surface area contributed by atoms with E-state index in [2.05, 4.69) is 15.2 Å². The van der Waals surface area contributed by atoms with Gasteiger partial charge in [-0.1, -0.05) is 6.07 Å². The Labute approximate surface area is 82.6 Å². The summed E-state index contributed by atoms with van der Waals surface area (Å²) in [7, 11) is 0. The summed E-state index contributed by atoms with van der Waals surface area (Å²) in [5.74, 6) is -1.74. The Morgan fingerprint density at radius 2 is 1.87 bits per heavy atom. The van der Waals surface area contributed by atoms with Crippen molar-refractivity contribution in [2.75, 3.05) is 0 Å². The van der Waals surface area contributed by atoms with Gasteiger partial charge in [0.25, 0.3) is 5.56 Å². The lowest BCUT2D eigenvalue weighted by atomic mass is 10.2. The predicted molar refractivity (Wildman–Crippen MR) is 48.0 cm³/mol. The average Bonchev–Trinajstić information content (AvgIpc) is 2.20. The standard InChI is InChI=1S/C9H5F2N3O/c10-5-2-1-3-6(11)8(5)9-12-4-7(15)13-14-9/h1-4H,(H,13,15). The third-order valence-corrected chi connectivity index (χ3v) is 1.76. The van der Waals surface area contributed by atoms with Crippen LogP contribution in [0.4, 0.5) is 8.78 Å². The molecule has 0 atom stereocenters. The SMILES string of the molecule is O=c1cnc(-c2c(F)cccc2F)n[nH]1. The fourth-order valence-electron chi connectivity index (χ4n) is 1.12. The van der Waals surface area contributed by atoms with Crippen molar-refractivity contribution in [3.63, 3.8) is 0 Å². The summed E-state index contributed by atoms with van der Waals surface area (Å²) >= 11 is 0. The summed E-state index contributed by atoms with van der Waals surface area (Å²) in [6, 6.07) is 3.42. The van der Waals surface area contributed by atoms with Crippen LogP contribution in [-0.2, 0) is 0 Å². The summed E-state index contributed by atoms with van der Waals surface area (Å²) in [6.45, 7) is 0. The zero-order chi connectivity index (χ0) is 10.8. The van der Waals surface area contributed by atoms with Crippen molar-refractivity contribution in [1.82, 2.24) is 15.2 Å². The first kappa shape index (κ1) is 9.45. The maximum absolute atomic E-state index is 13.2. The molecule has 2 rings (SSSR count). The maximum Gasteiger partial charge on any atom is 0.282 e. The second kappa shape index (κ2) is 3.56. The van der Waals surface area contributed by atoms with Gasteiger partial charge in [0, 0.05) is 0 Å². The highest BCUT2D eigenvalue weighted by atomic mass is 19.1. The first-order valence-corrected chi connectivity index (χ1v) is 4.04. The Bertz CT molecular complexity index is 513. The predicted octanol–water partition coefficient (Wildman–Crippen LogP) is 1.11. The van der Waals surface area contributed by atoms with Crippen LogP contribution in [0.3, 0.4) is 0 Å². The van der Waals surface area contributed by atoms with E-state index < -0.39 is 17.2 Å². The molecule has 0 saturated carbocycles. The van der Waals surface area contributed by atoms with E-state index in [0.717, 1.165) is 18.3 Å². The number of nitrogens with one attached hydrogen (secondary N) is 1. The topological polar surface area (TPSA) is 58.6 Å². The molecule has 0 saturated heterocycles. The second-order valence-corrected chi connectivity index (χ2v) is 2.77. The van der Waals surface area contributed by atoms with Crippen LogP contribution in [0.2, 0.25) is 0 Å². The molecule has 4 nitrogen and oxygen atoms in total. The van der Waals surface area contributed by atoms with Gasteiger partial charge in [0.15, 0.2) is 5.82 Å². The molecule has 76 valence electrons. The third kappa shape index (κ3) is 1.74. The van der Waals surface area contributed by atoms with Gasteiger partial charge in [-0.2, -0.15) is 5.10 Å². The number of aromatic amines is 1. The van der Waals surface area contributed by atoms with Crippen LogP contribution < -0.4 is 5.56 Å². The highest BCUT2D eigenvalue weighted by molar-refractivity contribution is 5.55. The molecule has 6 heteroatoms. The lowest BCUT2D eigenvalue weighted by Gasteiger charge is -2.01. The number of rotatable bonds is 1. The summed E-state index contributed by atoms with van der Waals surface area (Å²) in [6.07, 6.45) is 0.911. The molecule has 1 aromatic heterocycles. The van der Waals surface area contributed by atoms with Gasteiger partial charge in [-0.15, -0.1) is 0 Å². The lowest BCUT2D eigenvalue weighted by molar-refractivity contribution is 0.586. The van der Waals surface area contributed by atoms with Crippen molar-refractivity contribution in [2.45, 2.75) is 0 Å². The Kier molecular flexibility index (Phi) is 2.24. The molecule has 0 aliphatic carbocycles. The minimum atomic E-state index is -0.776. The number of hydrogen-bond donors (Lipinski definition) is 1. The van der Waals surface area contributed by atoms with Crippen molar-refractivity contribution in [3.8, 4) is 11.4 Å². The molecule has 1 heterocycles. The quantitative estimate of drug-likeness (QED) is 0.765. The molecule has 1 aromatic carbocycles. The lowest BCUT2D eigenvalue weighted by Crippen LogP contribution is -2.09. The highest BCUT2D eigenvalue weighted by Crippen LogP contribution is 2.20. The first-order valence-electron chi connectivity index (χ1n) is 4.04. The van der Waals surface area contributed by atoms with Gasteiger partial charge in [0.2, 0.25) is 0 Å².